The molecule has 0 bridgehead atoms. The number of thiol groups is 1. The number of halogens is 1. The van der Waals surface area contributed by atoms with Gasteiger partial charge in [-0.2, -0.15) is 0 Å². The van der Waals surface area contributed by atoms with Crippen LogP contribution in [0.5, 0.6) is 0 Å². The third-order valence-corrected chi connectivity index (χ3v) is 3.51. The molecular formula is C13H15FO2S. The third-order valence-electron chi connectivity index (χ3n) is 3.17. The fourth-order valence-corrected chi connectivity index (χ4v) is 2.04. The molecule has 0 atom stereocenters. The fourth-order valence-electron chi connectivity index (χ4n) is 1.82. The minimum Gasteiger partial charge on any atom is -0.462 e. The van der Waals surface area contributed by atoms with Gasteiger partial charge in [0, 0.05) is 4.90 Å². The molecule has 0 N–H and O–H groups in total. The van der Waals surface area contributed by atoms with E-state index >= 15 is 0 Å². The number of esters is 1. The molecular weight excluding hydrogens is 239 g/mol. The predicted molar refractivity (Wildman–Crippen MR) is 65.9 cm³/mol. The van der Waals surface area contributed by atoms with Crippen LogP contribution in [0.25, 0.3) is 0 Å². The van der Waals surface area contributed by atoms with Crippen molar-refractivity contribution in [2.75, 3.05) is 6.61 Å². The maximum Gasteiger partial charge on any atom is 0.338 e. The lowest BCUT2D eigenvalue weighted by atomic mass is 9.83. The second-order valence-electron chi connectivity index (χ2n) is 4.39. The van der Waals surface area contributed by atoms with E-state index in [0.717, 1.165) is 12.3 Å². The van der Waals surface area contributed by atoms with Crippen LogP contribution in [0.2, 0.25) is 0 Å². The Morgan fingerprint density at radius 2 is 2.24 bits per heavy atom. The summed E-state index contributed by atoms with van der Waals surface area (Å²) >= 11 is 3.93. The number of carbonyl (C=O) groups is 1. The molecule has 1 aliphatic carbocycles. The summed E-state index contributed by atoms with van der Waals surface area (Å²) in [5.74, 6) is -0.115. The summed E-state index contributed by atoms with van der Waals surface area (Å²) in [6, 6.07) is 4.04. The third kappa shape index (κ3) is 3.22. The monoisotopic (exact) mass is 254 g/mol. The number of rotatable bonds is 4. The average molecular weight is 254 g/mol. The smallest absolute Gasteiger partial charge is 0.338 e. The SMILES string of the molecule is O=C(OCCC1CCC1)c1ccc(F)c(S)c1. The van der Waals surface area contributed by atoms with Crippen molar-refractivity contribution in [1.29, 1.82) is 0 Å². The number of hydrogen-bond donors (Lipinski definition) is 1. The summed E-state index contributed by atoms with van der Waals surface area (Å²) in [5.41, 5.74) is 0.352. The second-order valence-corrected chi connectivity index (χ2v) is 4.87. The number of benzene rings is 1. The first-order valence-corrected chi connectivity index (χ1v) is 6.27. The zero-order valence-electron chi connectivity index (χ0n) is 9.49. The molecule has 2 rings (SSSR count). The summed E-state index contributed by atoms with van der Waals surface area (Å²) < 4.78 is 18.1. The Hall–Kier alpha value is -1.03. The van der Waals surface area contributed by atoms with Crippen LogP contribution in [0.1, 0.15) is 36.0 Å². The van der Waals surface area contributed by atoms with Gasteiger partial charge in [-0.3, -0.25) is 0 Å². The number of hydrogen-bond acceptors (Lipinski definition) is 3. The van der Waals surface area contributed by atoms with Crippen LogP contribution in [0, 0.1) is 11.7 Å². The highest BCUT2D eigenvalue weighted by Crippen LogP contribution is 2.29. The minimum atomic E-state index is -0.431. The summed E-state index contributed by atoms with van der Waals surface area (Å²) in [6.45, 7) is 0.447. The topological polar surface area (TPSA) is 26.3 Å². The largest absolute Gasteiger partial charge is 0.462 e. The highest BCUT2D eigenvalue weighted by Gasteiger charge is 2.18. The Labute approximate surface area is 106 Å². The van der Waals surface area contributed by atoms with Gasteiger partial charge in [-0.05, 0) is 30.5 Å². The van der Waals surface area contributed by atoms with Crippen LogP contribution in [0.4, 0.5) is 4.39 Å². The summed E-state index contributed by atoms with van der Waals surface area (Å²) in [6.07, 6.45) is 4.71. The molecule has 1 aromatic carbocycles. The van der Waals surface area contributed by atoms with Crippen molar-refractivity contribution in [3.8, 4) is 0 Å². The zero-order valence-corrected chi connectivity index (χ0v) is 10.4. The molecule has 1 aromatic rings. The van der Waals surface area contributed by atoms with Crippen molar-refractivity contribution in [2.24, 2.45) is 5.92 Å². The van der Waals surface area contributed by atoms with Gasteiger partial charge in [0.1, 0.15) is 5.82 Å². The molecule has 17 heavy (non-hydrogen) atoms. The Balaban J connectivity index is 1.83. The molecule has 0 amide bonds. The van der Waals surface area contributed by atoms with Crippen molar-refractivity contribution < 1.29 is 13.9 Å². The van der Waals surface area contributed by atoms with Gasteiger partial charge in [0.25, 0.3) is 0 Å². The van der Waals surface area contributed by atoms with E-state index in [0.29, 0.717) is 12.2 Å². The Kier molecular flexibility index (Phi) is 4.05. The Morgan fingerprint density at radius 1 is 1.47 bits per heavy atom. The number of ether oxygens (including phenoxy) is 1. The van der Waals surface area contributed by atoms with Gasteiger partial charge in [-0.1, -0.05) is 19.3 Å². The first-order chi connectivity index (χ1) is 8.16. The normalized spacial score (nSPS) is 15.4. The van der Waals surface area contributed by atoms with Crippen LogP contribution in [-0.2, 0) is 4.74 Å². The Bertz CT molecular complexity index is 416. The lowest BCUT2D eigenvalue weighted by molar-refractivity contribution is 0.0464. The van der Waals surface area contributed by atoms with Gasteiger partial charge in [0.05, 0.1) is 12.2 Å². The van der Waals surface area contributed by atoms with E-state index in [4.69, 9.17) is 4.74 Å². The van der Waals surface area contributed by atoms with Crippen LogP contribution < -0.4 is 0 Å². The molecule has 0 aliphatic heterocycles. The molecule has 0 heterocycles. The standard InChI is InChI=1S/C13H15FO2S/c14-11-5-4-10(8-12(11)17)13(15)16-7-6-9-2-1-3-9/h4-5,8-9,17H,1-3,6-7H2. The fraction of sp³-hybridized carbons (Fsp3) is 0.462. The van der Waals surface area contributed by atoms with Crippen molar-refractivity contribution >= 4 is 18.6 Å². The van der Waals surface area contributed by atoms with Crippen molar-refractivity contribution in [2.45, 2.75) is 30.6 Å². The lowest BCUT2D eigenvalue weighted by Crippen LogP contribution is -2.15. The van der Waals surface area contributed by atoms with E-state index in [1.807, 2.05) is 0 Å². The van der Waals surface area contributed by atoms with Crippen molar-refractivity contribution in [3.05, 3.63) is 29.6 Å². The van der Waals surface area contributed by atoms with Gasteiger partial charge >= 0.3 is 5.97 Å². The van der Waals surface area contributed by atoms with E-state index in [1.165, 1.54) is 37.5 Å². The minimum absolute atomic E-state index is 0.165. The van der Waals surface area contributed by atoms with Gasteiger partial charge < -0.3 is 4.74 Å². The maximum atomic E-state index is 12.9. The summed E-state index contributed by atoms with van der Waals surface area (Å²) in [7, 11) is 0. The van der Waals surface area contributed by atoms with E-state index in [9.17, 15) is 9.18 Å². The zero-order chi connectivity index (χ0) is 12.3. The highest BCUT2D eigenvalue weighted by molar-refractivity contribution is 7.80. The molecule has 0 spiro atoms. The van der Waals surface area contributed by atoms with E-state index in [2.05, 4.69) is 12.6 Å². The molecule has 1 aliphatic rings. The van der Waals surface area contributed by atoms with Crippen LogP contribution >= 0.6 is 12.6 Å². The second kappa shape index (κ2) is 5.54. The van der Waals surface area contributed by atoms with Crippen LogP contribution in [0.3, 0.4) is 0 Å². The van der Waals surface area contributed by atoms with Gasteiger partial charge in [-0.15, -0.1) is 12.6 Å². The average Bonchev–Trinajstić information content (AvgIpc) is 2.25. The van der Waals surface area contributed by atoms with Crippen molar-refractivity contribution in [3.63, 3.8) is 0 Å². The maximum absolute atomic E-state index is 12.9. The van der Waals surface area contributed by atoms with Crippen LogP contribution in [-0.4, -0.2) is 12.6 Å². The molecule has 0 aromatic heterocycles. The van der Waals surface area contributed by atoms with E-state index in [1.54, 1.807) is 0 Å². The predicted octanol–water partition coefficient (Wildman–Crippen LogP) is 3.46. The first-order valence-electron chi connectivity index (χ1n) is 5.82. The first kappa shape index (κ1) is 12.4. The molecule has 0 saturated heterocycles. The molecule has 0 unspecified atom stereocenters. The summed E-state index contributed by atoms with van der Waals surface area (Å²) in [4.78, 5) is 11.8. The molecule has 92 valence electrons. The molecule has 2 nitrogen and oxygen atoms in total. The van der Waals surface area contributed by atoms with Gasteiger partial charge in [0.2, 0.25) is 0 Å². The van der Waals surface area contributed by atoms with Crippen molar-refractivity contribution in [1.82, 2.24) is 0 Å². The molecule has 1 fully saturated rings. The molecule has 1 saturated carbocycles. The number of carbonyl (C=O) groups excluding carboxylic acids is 1. The molecule has 0 radical (unpaired) electrons. The van der Waals surface area contributed by atoms with Gasteiger partial charge in [-0.25, -0.2) is 9.18 Å². The Morgan fingerprint density at radius 3 is 2.82 bits per heavy atom. The van der Waals surface area contributed by atoms with E-state index in [-0.39, 0.29) is 4.90 Å². The summed E-state index contributed by atoms with van der Waals surface area (Å²) in [5, 5.41) is 0. The van der Waals surface area contributed by atoms with E-state index < -0.39 is 11.8 Å². The highest BCUT2D eigenvalue weighted by atomic mass is 32.1. The van der Waals surface area contributed by atoms with Gasteiger partial charge in [0.15, 0.2) is 0 Å². The quantitative estimate of drug-likeness (QED) is 0.658. The lowest BCUT2D eigenvalue weighted by Gasteiger charge is -2.24. The molecule has 4 heteroatoms. The van der Waals surface area contributed by atoms with Crippen LogP contribution in [0.15, 0.2) is 23.1 Å².